The number of nitrogens with zero attached hydrogens (tertiary/aromatic N) is 2. The van der Waals surface area contributed by atoms with E-state index in [1.54, 1.807) is 0 Å². The van der Waals surface area contributed by atoms with Gasteiger partial charge in [-0.3, -0.25) is 0 Å². The number of hydrogen-bond acceptors (Lipinski definition) is 3. The second-order valence-electron chi connectivity index (χ2n) is 9.81. The molecule has 2 N–H and O–H groups in total. The van der Waals surface area contributed by atoms with Crippen LogP contribution in [0.25, 0.3) is 0 Å². The minimum atomic E-state index is -4.49. The van der Waals surface area contributed by atoms with Crippen molar-refractivity contribution in [3.63, 3.8) is 0 Å². The Morgan fingerprint density at radius 2 is 1.85 bits per heavy atom. The van der Waals surface area contributed by atoms with Crippen molar-refractivity contribution in [2.24, 2.45) is 11.7 Å². The van der Waals surface area contributed by atoms with Gasteiger partial charge in [-0.2, -0.15) is 13.2 Å². The van der Waals surface area contributed by atoms with Gasteiger partial charge in [-0.15, -0.1) is 0 Å². The maximum atomic E-state index is 13.3. The summed E-state index contributed by atoms with van der Waals surface area (Å²) in [6, 6.07) is 8.07. The Kier molecular flexibility index (Phi) is 7.35. The van der Waals surface area contributed by atoms with Crippen molar-refractivity contribution in [2.75, 3.05) is 6.54 Å². The molecule has 0 amide bonds. The number of aryl methyl sites for hydroxylation is 1. The second kappa shape index (κ2) is 9.91. The summed E-state index contributed by atoms with van der Waals surface area (Å²) in [5.74, 6) is -0.183. The minimum Gasteiger partial charge on any atom is -0.330 e. The van der Waals surface area contributed by atoms with E-state index in [0.717, 1.165) is 68.4 Å². The lowest BCUT2D eigenvalue weighted by Gasteiger charge is -2.40. The largest absolute Gasteiger partial charge is 0.451 e. The lowest BCUT2D eigenvalue weighted by atomic mass is 9.66. The molecule has 2 aromatic rings. The summed E-state index contributed by atoms with van der Waals surface area (Å²) in [4.78, 5) is 7.90. The zero-order chi connectivity index (χ0) is 23.6. The fraction of sp³-hybridized carbons (Fsp3) is 0.615. The highest BCUT2D eigenvalue weighted by molar-refractivity contribution is 6.30. The number of nitrogens with two attached hydrogens (primary N) is 1. The van der Waals surface area contributed by atoms with Crippen LogP contribution in [0, 0.1) is 5.92 Å². The fourth-order valence-electron chi connectivity index (χ4n) is 5.45. The predicted molar refractivity (Wildman–Crippen MR) is 125 cm³/mol. The molecule has 1 aromatic heterocycles. The molecule has 3 nitrogen and oxygen atoms in total. The fourth-order valence-corrected chi connectivity index (χ4v) is 5.64. The Hall–Kier alpha value is -1.66. The van der Waals surface area contributed by atoms with Crippen LogP contribution >= 0.6 is 11.6 Å². The third-order valence-electron chi connectivity index (χ3n) is 7.61. The summed E-state index contributed by atoms with van der Waals surface area (Å²) in [6.07, 6.45) is 4.98. The Labute approximate surface area is 199 Å². The maximum absolute atomic E-state index is 13.3. The predicted octanol–water partition coefficient (Wildman–Crippen LogP) is 7.00. The number of benzene rings is 1. The lowest BCUT2D eigenvalue weighted by molar-refractivity contribution is -0.145. The average molecular weight is 480 g/mol. The van der Waals surface area contributed by atoms with Gasteiger partial charge in [0.15, 0.2) is 0 Å². The molecular weight excluding hydrogens is 447 g/mol. The summed E-state index contributed by atoms with van der Waals surface area (Å²) < 4.78 is 39.9. The van der Waals surface area contributed by atoms with E-state index < -0.39 is 12.0 Å². The highest BCUT2D eigenvalue weighted by Crippen LogP contribution is 2.44. The zero-order valence-corrected chi connectivity index (χ0v) is 20.0. The second-order valence-corrected chi connectivity index (χ2v) is 10.3. The van der Waals surface area contributed by atoms with E-state index in [2.05, 4.69) is 16.0 Å². The summed E-state index contributed by atoms with van der Waals surface area (Å²) >= 11 is 6.22. The Balaban J connectivity index is 1.39. The van der Waals surface area contributed by atoms with Crippen LogP contribution in [0.3, 0.4) is 0 Å². The zero-order valence-electron chi connectivity index (χ0n) is 19.2. The van der Waals surface area contributed by atoms with Crippen LogP contribution in [0.4, 0.5) is 13.2 Å². The first kappa shape index (κ1) is 24.5. The van der Waals surface area contributed by atoms with Gasteiger partial charge < -0.3 is 5.73 Å². The number of halogens is 4. The highest BCUT2D eigenvalue weighted by Gasteiger charge is 2.39. The SMILES string of the molecule is CCc1nc(C(F)(F)F)nc(C2CC2)c1CCC[C@H]1CC[C@](CN)(c2cccc(Cl)c2)CC1. The quantitative estimate of drug-likeness (QED) is 0.443. The molecule has 7 heteroatoms. The highest BCUT2D eigenvalue weighted by atomic mass is 35.5. The Morgan fingerprint density at radius 3 is 2.42 bits per heavy atom. The van der Waals surface area contributed by atoms with Gasteiger partial charge in [0.2, 0.25) is 5.82 Å². The van der Waals surface area contributed by atoms with E-state index in [0.29, 0.717) is 30.3 Å². The van der Waals surface area contributed by atoms with E-state index in [4.69, 9.17) is 17.3 Å². The molecule has 2 aliphatic rings. The molecule has 0 unspecified atom stereocenters. The van der Waals surface area contributed by atoms with Crippen LogP contribution in [0.15, 0.2) is 24.3 Å². The molecular formula is C26H33ClF3N3. The molecule has 2 saturated carbocycles. The maximum Gasteiger partial charge on any atom is 0.451 e. The van der Waals surface area contributed by atoms with Crippen LogP contribution in [-0.4, -0.2) is 16.5 Å². The number of rotatable bonds is 8. The topological polar surface area (TPSA) is 51.8 Å². The van der Waals surface area contributed by atoms with Crippen molar-refractivity contribution in [3.05, 3.63) is 57.6 Å². The molecule has 0 spiro atoms. The first-order valence-electron chi connectivity index (χ1n) is 12.2. The first-order valence-corrected chi connectivity index (χ1v) is 12.6. The van der Waals surface area contributed by atoms with E-state index in [1.165, 1.54) is 5.56 Å². The van der Waals surface area contributed by atoms with Gasteiger partial charge in [-0.25, -0.2) is 9.97 Å². The Morgan fingerprint density at radius 1 is 1.12 bits per heavy atom. The monoisotopic (exact) mass is 479 g/mol. The van der Waals surface area contributed by atoms with Gasteiger partial charge in [0, 0.05) is 28.6 Å². The lowest BCUT2D eigenvalue weighted by Crippen LogP contribution is -2.39. The van der Waals surface area contributed by atoms with E-state index in [-0.39, 0.29) is 11.3 Å². The van der Waals surface area contributed by atoms with Crippen molar-refractivity contribution in [2.45, 2.75) is 88.6 Å². The molecule has 1 aromatic carbocycles. The van der Waals surface area contributed by atoms with Crippen molar-refractivity contribution < 1.29 is 13.2 Å². The van der Waals surface area contributed by atoms with Crippen LogP contribution in [0.1, 0.15) is 92.5 Å². The van der Waals surface area contributed by atoms with Crippen molar-refractivity contribution >= 4 is 11.6 Å². The third kappa shape index (κ3) is 5.54. The van der Waals surface area contributed by atoms with E-state index in [1.807, 2.05) is 25.1 Å². The molecule has 0 atom stereocenters. The van der Waals surface area contributed by atoms with Gasteiger partial charge in [0.05, 0.1) is 5.69 Å². The molecule has 2 aliphatic carbocycles. The van der Waals surface area contributed by atoms with Crippen LogP contribution < -0.4 is 5.73 Å². The molecule has 4 rings (SSSR count). The van der Waals surface area contributed by atoms with Gasteiger partial charge in [-0.05, 0) is 87.0 Å². The van der Waals surface area contributed by atoms with Gasteiger partial charge in [0.25, 0.3) is 0 Å². The summed E-state index contributed by atoms with van der Waals surface area (Å²) in [7, 11) is 0. The van der Waals surface area contributed by atoms with Crippen LogP contribution in [-0.2, 0) is 24.4 Å². The smallest absolute Gasteiger partial charge is 0.330 e. The summed E-state index contributed by atoms with van der Waals surface area (Å²) in [6.45, 7) is 2.50. The van der Waals surface area contributed by atoms with Crippen molar-refractivity contribution in [1.29, 1.82) is 0 Å². The summed E-state index contributed by atoms with van der Waals surface area (Å²) in [5, 5.41) is 0.749. The molecule has 1 heterocycles. The minimum absolute atomic E-state index is 0.00279. The number of aromatic nitrogens is 2. The molecule has 0 radical (unpaired) electrons. The molecule has 33 heavy (non-hydrogen) atoms. The van der Waals surface area contributed by atoms with Crippen molar-refractivity contribution in [3.8, 4) is 0 Å². The van der Waals surface area contributed by atoms with Crippen LogP contribution in [0.5, 0.6) is 0 Å². The Bertz CT molecular complexity index is 964. The van der Waals surface area contributed by atoms with E-state index in [9.17, 15) is 13.2 Å². The molecule has 2 fully saturated rings. The van der Waals surface area contributed by atoms with Gasteiger partial charge in [0.1, 0.15) is 0 Å². The van der Waals surface area contributed by atoms with Gasteiger partial charge >= 0.3 is 6.18 Å². The third-order valence-corrected chi connectivity index (χ3v) is 7.84. The number of alkyl halides is 3. The van der Waals surface area contributed by atoms with E-state index >= 15 is 0 Å². The van der Waals surface area contributed by atoms with Crippen molar-refractivity contribution in [1.82, 2.24) is 9.97 Å². The average Bonchev–Trinajstić information content (AvgIpc) is 3.64. The first-order chi connectivity index (χ1) is 15.8. The molecule has 0 aliphatic heterocycles. The standard InChI is InChI=1S/C26H33ClF3N3/c1-2-22-21(23(18-9-10-18)33-24(32-22)26(28,29)30)8-3-5-17-11-13-25(16-31,14-12-17)19-6-4-7-20(27)15-19/h4,6-7,15,17-18H,2-3,5,8-14,16,31H2,1H3/t17-,25-. The number of hydrogen-bond donors (Lipinski definition) is 1. The van der Waals surface area contributed by atoms with Crippen LogP contribution in [0.2, 0.25) is 5.02 Å². The van der Waals surface area contributed by atoms with Gasteiger partial charge in [-0.1, -0.05) is 37.1 Å². The summed E-state index contributed by atoms with van der Waals surface area (Å²) in [5.41, 5.74) is 9.66. The molecule has 0 saturated heterocycles. The molecule has 0 bridgehead atoms. The molecule has 180 valence electrons. The normalized spacial score (nSPS) is 23.6.